The zero-order valence-corrected chi connectivity index (χ0v) is 23.2. The van der Waals surface area contributed by atoms with E-state index in [4.69, 9.17) is 9.47 Å². The number of ether oxygens (including phenoxy) is 2. The van der Waals surface area contributed by atoms with E-state index in [0.29, 0.717) is 22.7 Å². The van der Waals surface area contributed by atoms with Gasteiger partial charge < -0.3 is 14.4 Å². The van der Waals surface area contributed by atoms with E-state index in [1.165, 1.54) is 39.5 Å². The lowest BCUT2D eigenvalue weighted by molar-refractivity contribution is -0.174. The first-order valence-corrected chi connectivity index (χ1v) is 14.8. The molecule has 0 bridgehead atoms. The first-order valence-electron chi connectivity index (χ1n) is 12.9. The van der Waals surface area contributed by atoms with E-state index >= 15 is 0 Å². The van der Waals surface area contributed by atoms with Crippen molar-refractivity contribution < 1.29 is 45.4 Å². The second-order valence-electron chi connectivity index (χ2n) is 9.73. The topological polar surface area (TPSA) is 134 Å². The van der Waals surface area contributed by atoms with Gasteiger partial charge in [-0.2, -0.15) is 13.2 Å². The van der Waals surface area contributed by atoms with E-state index < -0.39 is 33.9 Å². The van der Waals surface area contributed by atoms with Gasteiger partial charge in [-0.1, -0.05) is 30.3 Å². The molecule has 4 amide bonds. The Morgan fingerprint density at radius 1 is 0.837 bits per heavy atom. The summed E-state index contributed by atoms with van der Waals surface area (Å²) in [7, 11) is -3.23. The lowest BCUT2D eigenvalue weighted by atomic mass is 10.0. The summed E-state index contributed by atoms with van der Waals surface area (Å²) in [4.78, 5) is 39.7. The van der Waals surface area contributed by atoms with Gasteiger partial charge >= 0.3 is 18.1 Å². The van der Waals surface area contributed by atoms with Gasteiger partial charge in [0.2, 0.25) is 6.79 Å². The SMILES string of the molecule is O=C(NNC(=O)C(F)(F)F)c1ccc(CN(C(=O)N2CCS(=O)(=O)CC2)c2ccc(-c3ccc4c(c3)OCO4)cc2)cc1. The molecule has 3 aromatic carbocycles. The van der Waals surface area contributed by atoms with Crippen molar-refractivity contribution in [1.82, 2.24) is 15.8 Å². The molecule has 3 aromatic rings. The molecule has 15 heteroatoms. The van der Waals surface area contributed by atoms with Gasteiger partial charge in [-0.3, -0.25) is 25.3 Å². The molecule has 0 spiro atoms. The number of alkyl halides is 3. The predicted octanol–water partition coefficient (Wildman–Crippen LogP) is 3.26. The molecule has 1 saturated heterocycles. The number of halogens is 3. The minimum absolute atomic E-state index is 0.0292. The summed E-state index contributed by atoms with van der Waals surface area (Å²) >= 11 is 0. The number of anilines is 1. The normalized spacial score (nSPS) is 15.5. The van der Waals surface area contributed by atoms with Gasteiger partial charge in [0.1, 0.15) is 0 Å². The summed E-state index contributed by atoms with van der Waals surface area (Å²) in [5, 5.41) is 0. The van der Waals surface area contributed by atoms with E-state index in [-0.39, 0.29) is 43.5 Å². The average molecular weight is 619 g/mol. The number of carbonyl (C=O) groups excluding carboxylic acids is 3. The van der Waals surface area contributed by atoms with Gasteiger partial charge in [0, 0.05) is 24.3 Å². The van der Waals surface area contributed by atoms with E-state index in [2.05, 4.69) is 0 Å². The van der Waals surface area contributed by atoms with Crippen LogP contribution in [0.15, 0.2) is 66.7 Å². The number of hydrogen-bond acceptors (Lipinski definition) is 7. The maximum Gasteiger partial charge on any atom is 0.472 e. The summed E-state index contributed by atoms with van der Waals surface area (Å²) in [5.41, 5.74) is 5.79. The van der Waals surface area contributed by atoms with Crippen molar-refractivity contribution in [2.45, 2.75) is 12.7 Å². The Morgan fingerprint density at radius 3 is 2.12 bits per heavy atom. The van der Waals surface area contributed by atoms with Crippen LogP contribution in [0, 0.1) is 0 Å². The van der Waals surface area contributed by atoms with Gasteiger partial charge in [-0.15, -0.1) is 0 Å². The number of urea groups is 1. The molecule has 2 N–H and O–H groups in total. The molecule has 0 aliphatic carbocycles. The van der Waals surface area contributed by atoms with E-state index in [0.717, 1.165) is 11.1 Å². The lowest BCUT2D eigenvalue weighted by Crippen LogP contribution is -2.49. The van der Waals surface area contributed by atoms with E-state index in [1.54, 1.807) is 23.6 Å². The number of sulfone groups is 1. The van der Waals surface area contributed by atoms with Gasteiger partial charge in [0.25, 0.3) is 5.91 Å². The summed E-state index contributed by atoms with van der Waals surface area (Å²) in [5.74, 6) is -2.31. The van der Waals surface area contributed by atoms with Crippen LogP contribution in [0.3, 0.4) is 0 Å². The van der Waals surface area contributed by atoms with E-state index in [9.17, 15) is 36.0 Å². The Morgan fingerprint density at radius 2 is 1.47 bits per heavy atom. The minimum Gasteiger partial charge on any atom is -0.454 e. The number of nitrogens with one attached hydrogen (secondary N) is 2. The fraction of sp³-hybridized carbons (Fsp3) is 0.250. The van der Waals surface area contributed by atoms with Crippen molar-refractivity contribution >= 4 is 33.4 Å². The smallest absolute Gasteiger partial charge is 0.454 e. The Hall–Kier alpha value is -4.79. The highest BCUT2D eigenvalue weighted by molar-refractivity contribution is 7.91. The third-order valence-electron chi connectivity index (χ3n) is 6.83. The molecule has 11 nitrogen and oxygen atoms in total. The molecule has 2 aliphatic rings. The predicted molar refractivity (Wildman–Crippen MR) is 148 cm³/mol. The zero-order chi connectivity index (χ0) is 30.8. The maximum atomic E-state index is 13.6. The van der Waals surface area contributed by atoms with Crippen molar-refractivity contribution in [1.29, 1.82) is 0 Å². The standard InChI is InChI=1S/C28H25F3N4O7S/c29-28(30,31)26(37)33-32-25(36)20-3-1-18(2-4-20)16-35(27(38)34-11-13-43(39,40)14-12-34)22-8-5-19(6-9-22)21-7-10-23-24(15-21)42-17-41-23/h1-10,15H,11-14,16-17H2,(H,32,36)(H,33,37). The molecule has 2 aliphatic heterocycles. The summed E-state index contributed by atoms with van der Waals surface area (Å²) in [6.45, 7) is 0.260. The Balaban J connectivity index is 1.34. The first-order chi connectivity index (χ1) is 20.4. The van der Waals surface area contributed by atoms with Crippen LogP contribution in [0.5, 0.6) is 11.5 Å². The molecule has 0 unspecified atom stereocenters. The molecule has 0 radical (unpaired) electrons. The molecule has 5 rings (SSSR count). The first kappa shape index (κ1) is 29.7. The molecule has 0 saturated carbocycles. The number of hydrogen-bond donors (Lipinski definition) is 2. The summed E-state index contributed by atoms with van der Waals surface area (Å²) in [6, 6.07) is 18.0. The Labute approximate surface area is 244 Å². The number of rotatable bonds is 5. The molecule has 43 heavy (non-hydrogen) atoms. The largest absolute Gasteiger partial charge is 0.472 e. The number of fused-ring (bicyclic) bond motifs is 1. The van der Waals surface area contributed by atoms with Crippen molar-refractivity contribution in [3.8, 4) is 22.6 Å². The number of carbonyl (C=O) groups is 3. The van der Waals surface area contributed by atoms with Crippen LogP contribution in [0.1, 0.15) is 15.9 Å². The molecular formula is C28H25F3N4O7S. The van der Waals surface area contributed by atoms with Crippen molar-refractivity contribution in [3.63, 3.8) is 0 Å². The summed E-state index contributed by atoms with van der Waals surface area (Å²) < 4.78 is 71.8. The number of amides is 4. The molecule has 2 heterocycles. The highest BCUT2D eigenvalue weighted by Gasteiger charge is 2.39. The van der Waals surface area contributed by atoms with Gasteiger partial charge in [0.05, 0.1) is 18.1 Å². The van der Waals surface area contributed by atoms with Crippen LogP contribution in [-0.4, -0.2) is 68.7 Å². The molecular weight excluding hydrogens is 593 g/mol. The van der Waals surface area contributed by atoms with Gasteiger partial charge in [-0.25, -0.2) is 13.2 Å². The quantitative estimate of drug-likeness (QED) is 0.420. The lowest BCUT2D eigenvalue weighted by Gasteiger charge is -2.33. The second kappa shape index (κ2) is 11.8. The van der Waals surface area contributed by atoms with Gasteiger partial charge in [-0.05, 0) is 53.1 Å². The second-order valence-corrected chi connectivity index (χ2v) is 12.0. The highest BCUT2D eigenvalue weighted by Crippen LogP contribution is 2.36. The van der Waals surface area contributed by atoms with Crippen molar-refractivity contribution in [2.24, 2.45) is 0 Å². The Kier molecular flexibility index (Phi) is 8.17. The Bertz CT molecular complexity index is 1630. The third-order valence-corrected chi connectivity index (χ3v) is 8.44. The van der Waals surface area contributed by atoms with Crippen molar-refractivity contribution in [2.75, 3.05) is 36.3 Å². The molecule has 226 valence electrons. The van der Waals surface area contributed by atoms with Crippen LogP contribution in [0.2, 0.25) is 0 Å². The van der Waals surface area contributed by atoms with E-state index in [1.807, 2.05) is 24.3 Å². The number of benzene rings is 3. The monoisotopic (exact) mass is 618 g/mol. The highest BCUT2D eigenvalue weighted by atomic mass is 32.2. The molecule has 0 atom stereocenters. The fourth-order valence-electron chi connectivity index (χ4n) is 4.45. The van der Waals surface area contributed by atoms with Crippen LogP contribution >= 0.6 is 0 Å². The number of nitrogens with zero attached hydrogens (tertiary/aromatic N) is 2. The summed E-state index contributed by atoms with van der Waals surface area (Å²) in [6.07, 6.45) is -5.16. The van der Waals surface area contributed by atoms with Crippen LogP contribution in [0.25, 0.3) is 11.1 Å². The van der Waals surface area contributed by atoms with Crippen LogP contribution in [-0.2, 0) is 21.2 Å². The molecule has 0 aromatic heterocycles. The van der Waals surface area contributed by atoms with Gasteiger partial charge in [0.15, 0.2) is 21.3 Å². The van der Waals surface area contributed by atoms with Crippen molar-refractivity contribution in [3.05, 3.63) is 77.9 Å². The van der Waals surface area contributed by atoms with Crippen LogP contribution in [0.4, 0.5) is 23.7 Å². The number of hydrazine groups is 1. The average Bonchev–Trinajstić information content (AvgIpc) is 3.46. The third kappa shape index (κ3) is 6.99. The molecule has 1 fully saturated rings. The minimum atomic E-state index is -5.16. The zero-order valence-electron chi connectivity index (χ0n) is 22.4. The fourth-order valence-corrected chi connectivity index (χ4v) is 5.66. The van der Waals surface area contributed by atoms with Crippen LogP contribution < -0.4 is 25.2 Å². The maximum absolute atomic E-state index is 13.6.